The van der Waals surface area contributed by atoms with E-state index < -0.39 is 24.9 Å². The summed E-state index contributed by atoms with van der Waals surface area (Å²) in [5.41, 5.74) is 1.41. The Bertz CT molecular complexity index is 755. The zero-order chi connectivity index (χ0) is 15.4. The van der Waals surface area contributed by atoms with Crippen molar-refractivity contribution in [3.63, 3.8) is 0 Å². The van der Waals surface area contributed by atoms with Crippen LogP contribution in [0.2, 0.25) is 0 Å². The van der Waals surface area contributed by atoms with Gasteiger partial charge in [0.05, 0.1) is 5.69 Å². The largest absolute Gasteiger partial charge is 0.384 e. The summed E-state index contributed by atoms with van der Waals surface area (Å²) in [5.74, 6) is 5.09. The monoisotopic (exact) mass is 317 g/mol. The van der Waals surface area contributed by atoms with Gasteiger partial charge >= 0.3 is 0 Å². The highest BCUT2D eigenvalue weighted by atomic mass is 32.3. The number of hydrogen-bond acceptors (Lipinski definition) is 5. The molecule has 0 heterocycles. The van der Waals surface area contributed by atoms with E-state index in [9.17, 15) is 16.8 Å². The summed E-state index contributed by atoms with van der Waals surface area (Å²) in [6, 6.07) is 4.81. The molecule has 0 aliphatic heterocycles. The molecule has 0 atom stereocenters. The maximum absolute atomic E-state index is 11.7. The summed E-state index contributed by atoms with van der Waals surface area (Å²) < 4.78 is 47.8. The number of hydrogen-bond donors (Lipinski definition) is 2. The number of aliphatic hydroxyl groups excluding tert-OH is 1. The van der Waals surface area contributed by atoms with Gasteiger partial charge in [0.1, 0.15) is 6.61 Å². The molecule has 1 aromatic rings. The van der Waals surface area contributed by atoms with Crippen molar-refractivity contribution in [1.82, 2.24) is 0 Å². The minimum Gasteiger partial charge on any atom is -0.384 e. The first kappa shape index (κ1) is 16.5. The summed E-state index contributed by atoms with van der Waals surface area (Å²) in [6.45, 7) is 1.38. The molecule has 0 spiro atoms. The Morgan fingerprint density at radius 2 is 1.90 bits per heavy atom. The Kier molecular flexibility index (Phi) is 5.16. The van der Waals surface area contributed by atoms with E-state index in [-0.39, 0.29) is 12.3 Å². The van der Waals surface area contributed by atoms with Gasteiger partial charge in [0.15, 0.2) is 14.9 Å². The lowest BCUT2D eigenvalue weighted by Crippen LogP contribution is -2.22. The van der Waals surface area contributed by atoms with Crippen molar-refractivity contribution in [3.05, 3.63) is 29.3 Å². The van der Waals surface area contributed by atoms with Gasteiger partial charge in [-0.2, -0.15) is 0 Å². The van der Waals surface area contributed by atoms with Crippen LogP contribution in [0.15, 0.2) is 18.2 Å². The van der Waals surface area contributed by atoms with Crippen molar-refractivity contribution < 1.29 is 21.9 Å². The van der Waals surface area contributed by atoms with Gasteiger partial charge in [-0.1, -0.05) is 17.9 Å². The number of nitrogens with one attached hydrogen (secondary N) is 1. The van der Waals surface area contributed by atoms with Gasteiger partial charge in [0.2, 0.25) is 10.0 Å². The summed E-state index contributed by atoms with van der Waals surface area (Å²) in [7, 11) is -7.64. The summed E-state index contributed by atoms with van der Waals surface area (Å²) >= 11 is 0. The van der Waals surface area contributed by atoms with Crippen LogP contribution in [0.5, 0.6) is 0 Å². The highest BCUT2D eigenvalue weighted by Gasteiger charge is 2.18. The number of anilines is 1. The van der Waals surface area contributed by atoms with Crippen LogP contribution >= 0.6 is 0 Å². The second kappa shape index (κ2) is 6.26. The van der Waals surface area contributed by atoms with Gasteiger partial charge in [-0.15, -0.1) is 0 Å². The summed E-state index contributed by atoms with van der Waals surface area (Å²) in [4.78, 5) is 0. The van der Waals surface area contributed by atoms with Crippen molar-refractivity contribution in [3.8, 4) is 11.8 Å². The first-order chi connectivity index (χ1) is 9.13. The zero-order valence-electron chi connectivity index (χ0n) is 11.0. The van der Waals surface area contributed by atoms with Gasteiger partial charge in [-0.05, 0) is 24.6 Å². The lowest BCUT2D eigenvalue weighted by atomic mass is 10.1. The smallest absolute Gasteiger partial charge is 0.247 e. The molecule has 0 fully saturated rings. The second-order valence-electron chi connectivity index (χ2n) is 4.25. The van der Waals surface area contributed by atoms with Crippen molar-refractivity contribution in [2.45, 2.75) is 6.92 Å². The maximum atomic E-state index is 11.7. The van der Waals surface area contributed by atoms with Crippen LogP contribution in [0.1, 0.15) is 11.1 Å². The Morgan fingerprint density at radius 1 is 1.25 bits per heavy atom. The first-order valence-corrected chi connectivity index (χ1v) is 9.23. The molecule has 1 rings (SSSR count). The molecule has 0 saturated carbocycles. The number of benzene rings is 1. The standard InChI is InChI=1S/C12H15NO5S2/c1-10-5-6-11(4-3-7-14)8-12(10)13-20(17,18)9-19(2,15)16/h5-6,8,13-14H,7,9H2,1-2H3. The Labute approximate surface area is 118 Å². The molecule has 0 bridgehead atoms. The van der Waals surface area contributed by atoms with E-state index in [2.05, 4.69) is 16.6 Å². The van der Waals surface area contributed by atoms with E-state index in [0.29, 0.717) is 11.1 Å². The number of sulfonamides is 1. The van der Waals surface area contributed by atoms with Gasteiger partial charge in [0, 0.05) is 11.8 Å². The van der Waals surface area contributed by atoms with Crippen LogP contribution in [-0.2, 0) is 19.9 Å². The van der Waals surface area contributed by atoms with E-state index in [1.54, 1.807) is 19.1 Å². The molecule has 0 aliphatic carbocycles. The van der Waals surface area contributed by atoms with E-state index in [1.807, 2.05) is 0 Å². The highest BCUT2D eigenvalue weighted by Crippen LogP contribution is 2.18. The number of sulfone groups is 1. The summed E-state index contributed by atoms with van der Waals surface area (Å²) in [5, 5.41) is 7.63. The Morgan fingerprint density at radius 3 is 2.45 bits per heavy atom. The van der Waals surface area contributed by atoms with Crippen LogP contribution in [0.4, 0.5) is 5.69 Å². The molecule has 8 heteroatoms. The quantitative estimate of drug-likeness (QED) is 0.766. The fourth-order valence-electron chi connectivity index (χ4n) is 1.43. The lowest BCUT2D eigenvalue weighted by Gasteiger charge is -2.10. The third-order valence-electron chi connectivity index (χ3n) is 2.18. The van der Waals surface area contributed by atoms with Crippen molar-refractivity contribution in [1.29, 1.82) is 0 Å². The zero-order valence-corrected chi connectivity index (χ0v) is 12.7. The van der Waals surface area contributed by atoms with Crippen molar-refractivity contribution >= 4 is 25.5 Å². The summed E-state index contributed by atoms with van der Waals surface area (Å²) in [6.07, 6.45) is 0.849. The van der Waals surface area contributed by atoms with Crippen molar-refractivity contribution in [2.24, 2.45) is 0 Å². The van der Waals surface area contributed by atoms with Crippen LogP contribution in [0, 0.1) is 18.8 Å². The van der Waals surface area contributed by atoms with Crippen molar-refractivity contribution in [2.75, 3.05) is 22.7 Å². The fraction of sp³-hybridized carbons (Fsp3) is 0.333. The topological polar surface area (TPSA) is 101 Å². The van der Waals surface area contributed by atoms with Crippen LogP contribution < -0.4 is 4.72 Å². The third kappa shape index (κ3) is 5.61. The van der Waals surface area contributed by atoms with E-state index in [0.717, 1.165) is 6.26 Å². The number of aliphatic hydroxyl groups is 1. The molecular weight excluding hydrogens is 302 g/mol. The van der Waals surface area contributed by atoms with Crippen LogP contribution in [0.3, 0.4) is 0 Å². The van der Waals surface area contributed by atoms with Gasteiger partial charge in [0.25, 0.3) is 0 Å². The van der Waals surface area contributed by atoms with Crippen LogP contribution in [-0.4, -0.2) is 39.9 Å². The molecule has 0 radical (unpaired) electrons. The molecule has 0 saturated heterocycles. The molecule has 2 N–H and O–H groups in total. The molecule has 6 nitrogen and oxygen atoms in total. The normalized spacial score (nSPS) is 11.6. The molecule has 1 aromatic carbocycles. The average Bonchev–Trinajstić information content (AvgIpc) is 2.26. The minimum atomic E-state index is -3.99. The van der Waals surface area contributed by atoms with Crippen LogP contribution in [0.25, 0.3) is 0 Å². The fourth-order valence-corrected chi connectivity index (χ4v) is 4.48. The Hall–Kier alpha value is -1.56. The van der Waals surface area contributed by atoms with Gasteiger partial charge in [-0.25, -0.2) is 16.8 Å². The predicted octanol–water partition coefficient (Wildman–Crippen LogP) is 0.0826. The second-order valence-corrected chi connectivity index (χ2v) is 8.48. The molecule has 110 valence electrons. The first-order valence-electron chi connectivity index (χ1n) is 5.51. The molecule has 0 unspecified atom stereocenters. The molecule has 0 aliphatic rings. The maximum Gasteiger partial charge on any atom is 0.247 e. The Balaban J connectivity index is 3.08. The van der Waals surface area contributed by atoms with Gasteiger partial charge in [-0.3, -0.25) is 4.72 Å². The number of aryl methyl sites for hydroxylation is 1. The number of rotatable bonds is 4. The molecule has 0 aromatic heterocycles. The molecule has 20 heavy (non-hydrogen) atoms. The van der Waals surface area contributed by atoms with E-state index >= 15 is 0 Å². The van der Waals surface area contributed by atoms with E-state index in [4.69, 9.17) is 5.11 Å². The highest BCUT2D eigenvalue weighted by molar-refractivity contribution is 8.08. The van der Waals surface area contributed by atoms with Gasteiger partial charge < -0.3 is 5.11 Å². The average molecular weight is 317 g/mol. The predicted molar refractivity (Wildman–Crippen MR) is 77.4 cm³/mol. The SMILES string of the molecule is Cc1ccc(C#CCO)cc1NS(=O)(=O)CS(C)(=O)=O. The third-order valence-corrected chi connectivity index (χ3v) is 5.67. The van der Waals surface area contributed by atoms with E-state index in [1.165, 1.54) is 6.07 Å². The minimum absolute atomic E-state index is 0.262. The molecular formula is C12H15NO5S2. The lowest BCUT2D eigenvalue weighted by molar-refractivity contribution is 0.350. The molecule has 0 amide bonds.